The fourth-order valence-electron chi connectivity index (χ4n) is 2.18. The van der Waals surface area contributed by atoms with E-state index in [-0.39, 0.29) is 5.88 Å². The highest BCUT2D eigenvalue weighted by Crippen LogP contribution is 2.34. The summed E-state index contributed by atoms with van der Waals surface area (Å²) in [5.74, 6) is 0.154. The summed E-state index contributed by atoms with van der Waals surface area (Å²) in [7, 11) is 1.75. The van der Waals surface area contributed by atoms with Crippen LogP contribution >= 0.6 is 0 Å². The maximum atomic E-state index is 12.7. The first-order chi connectivity index (χ1) is 9.36. The van der Waals surface area contributed by atoms with Crippen LogP contribution in [0.2, 0.25) is 0 Å². The van der Waals surface area contributed by atoms with Crippen LogP contribution in [0.3, 0.4) is 0 Å². The average Bonchev–Trinajstić information content (AvgIpc) is 2.92. The molecule has 2 aromatic heterocycles. The lowest BCUT2D eigenvalue weighted by atomic mass is 10.1. The molecule has 104 valence electrons. The quantitative estimate of drug-likeness (QED) is 0.743. The Hall–Kier alpha value is -2.44. The Labute approximate surface area is 111 Å². The molecule has 3 rings (SSSR count). The van der Waals surface area contributed by atoms with E-state index < -0.39 is 11.7 Å². The van der Waals surface area contributed by atoms with E-state index in [2.05, 4.69) is 5.16 Å². The smallest absolute Gasteiger partial charge is 0.368 e. The monoisotopic (exact) mass is 281 g/mol. The third-order valence-electron chi connectivity index (χ3n) is 3.16. The Morgan fingerprint density at radius 1 is 1.20 bits per heavy atom. The number of nitrogens with two attached hydrogens (primary N) is 1. The predicted molar refractivity (Wildman–Crippen MR) is 67.8 cm³/mol. The Kier molecular flexibility index (Phi) is 2.53. The molecule has 0 spiro atoms. The summed E-state index contributed by atoms with van der Waals surface area (Å²) in [6, 6.07) is 6.76. The van der Waals surface area contributed by atoms with Crippen molar-refractivity contribution in [3.63, 3.8) is 0 Å². The van der Waals surface area contributed by atoms with Crippen LogP contribution in [0, 0.1) is 0 Å². The van der Waals surface area contributed by atoms with Gasteiger partial charge in [-0.05, 0) is 24.3 Å². The van der Waals surface area contributed by atoms with Gasteiger partial charge in [0.2, 0.25) is 5.88 Å². The topological polar surface area (TPSA) is 57.0 Å². The summed E-state index contributed by atoms with van der Waals surface area (Å²) in [6.07, 6.45) is -4.36. The van der Waals surface area contributed by atoms with E-state index in [1.165, 1.54) is 12.1 Å². The highest BCUT2D eigenvalue weighted by molar-refractivity contribution is 5.87. The lowest BCUT2D eigenvalue weighted by Gasteiger charge is -2.06. The molecule has 0 saturated carbocycles. The number of aromatic nitrogens is 2. The van der Waals surface area contributed by atoms with Gasteiger partial charge in [0.05, 0.1) is 11.3 Å². The number of aryl methyl sites for hydroxylation is 1. The molecule has 3 aromatic rings. The van der Waals surface area contributed by atoms with Crippen LogP contribution < -0.4 is 5.73 Å². The van der Waals surface area contributed by atoms with Gasteiger partial charge in [0.1, 0.15) is 5.69 Å². The maximum Gasteiger partial charge on any atom is 0.416 e. The summed E-state index contributed by atoms with van der Waals surface area (Å²) >= 11 is 0. The van der Waals surface area contributed by atoms with E-state index in [9.17, 15) is 13.2 Å². The van der Waals surface area contributed by atoms with Crippen LogP contribution in [0.1, 0.15) is 5.56 Å². The molecule has 0 atom stereocenters. The van der Waals surface area contributed by atoms with E-state index >= 15 is 0 Å². The van der Waals surface area contributed by atoms with Crippen molar-refractivity contribution in [2.24, 2.45) is 7.05 Å². The van der Waals surface area contributed by atoms with Gasteiger partial charge in [-0.15, -0.1) is 0 Å². The molecule has 0 fully saturated rings. The fraction of sp³-hybridized carbons (Fsp3) is 0.154. The van der Waals surface area contributed by atoms with E-state index in [1.54, 1.807) is 17.7 Å². The minimum Gasteiger partial charge on any atom is -0.368 e. The van der Waals surface area contributed by atoms with Crippen LogP contribution in [0.15, 0.2) is 34.9 Å². The number of hydrogen-bond acceptors (Lipinski definition) is 3. The second-order valence-corrected chi connectivity index (χ2v) is 4.47. The molecule has 0 bridgehead atoms. The number of alkyl halides is 3. The molecule has 0 aliphatic heterocycles. The lowest BCUT2D eigenvalue weighted by molar-refractivity contribution is -0.137. The first kappa shape index (κ1) is 12.6. The molecular weight excluding hydrogens is 271 g/mol. The third kappa shape index (κ3) is 1.91. The number of hydrogen-bond donors (Lipinski definition) is 1. The summed E-state index contributed by atoms with van der Waals surface area (Å²) in [4.78, 5) is 0. The van der Waals surface area contributed by atoms with Crippen LogP contribution in [0.5, 0.6) is 0 Å². The Bertz CT molecular complexity index is 786. The van der Waals surface area contributed by atoms with Gasteiger partial charge < -0.3 is 14.8 Å². The fourth-order valence-corrected chi connectivity index (χ4v) is 2.18. The van der Waals surface area contributed by atoms with Gasteiger partial charge >= 0.3 is 6.18 Å². The Morgan fingerprint density at radius 2 is 1.95 bits per heavy atom. The van der Waals surface area contributed by atoms with Gasteiger partial charge in [-0.1, -0.05) is 5.16 Å². The van der Waals surface area contributed by atoms with Crippen molar-refractivity contribution in [1.29, 1.82) is 0 Å². The summed E-state index contributed by atoms with van der Waals surface area (Å²) in [5.41, 5.74) is 6.57. The molecule has 0 aliphatic carbocycles. The molecule has 0 amide bonds. The summed E-state index contributed by atoms with van der Waals surface area (Å²) in [5, 5.41) is 4.26. The van der Waals surface area contributed by atoms with Gasteiger partial charge in [0.25, 0.3) is 0 Å². The first-order valence-corrected chi connectivity index (χ1v) is 5.75. The normalized spacial score (nSPS) is 12.2. The zero-order valence-electron chi connectivity index (χ0n) is 10.4. The number of rotatable bonds is 1. The number of benzene rings is 1. The van der Waals surface area contributed by atoms with Crippen molar-refractivity contribution in [3.8, 4) is 11.4 Å². The lowest BCUT2D eigenvalue weighted by Crippen LogP contribution is -2.04. The molecule has 4 nitrogen and oxygen atoms in total. The second kappa shape index (κ2) is 4.03. The molecule has 0 unspecified atom stereocenters. The van der Waals surface area contributed by atoms with Crippen molar-refractivity contribution in [1.82, 2.24) is 9.72 Å². The van der Waals surface area contributed by atoms with Gasteiger partial charge in [-0.2, -0.15) is 13.2 Å². The number of nitrogens with zero attached hydrogens (tertiary/aromatic N) is 2. The van der Waals surface area contributed by atoms with Crippen LogP contribution in [-0.4, -0.2) is 9.72 Å². The molecule has 1 aromatic carbocycles. The van der Waals surface area contributed by atoms with Crippen molar-refractivity contribution in [2.45, 2.75) is 6.18 Å². The molecule has 7 heteroatoms. The molecular formula is C13H10F3N3O. The molecule has 0 saturated heterocycles. The molecule has 0 radical (unpaired) electrons. The zero-order valence-corrected chi connectivity index (χ0v) is 10.4. The Balaban J connectivity index is 2.19. The largest absolute Gasteiger partial charge is 0.416 e. The minimum absolute atomic E-state index is 0.154. The van der Waals surface area contributed by atoms with Crippen molar-refractivity contribution in [2.75, 3.05) is 5.73 Å². The molecule has 2 heterocycles. The molecule has 20 heavy (non-hydrogen) atoms. The maximum absolute atomic E-state index is 12.7. The number of anilines is 1. The highest BCUT2D eigenvalue weighted by atomic mass is 19.4. The van der Waals surface area contributed by atoms with Crippen LogP contribution in [0.25, 0.3) is 22.3 Å². The van der Waals surface area contributed by atoms with Gasteiger partial charge in [-0.3, -0.25) is 0 Å². The average molecular weight is 281 g/mol. The van der Waals surface area contributed by atoms with Gasteiger partial charge in [0, 0.05) is 24.0 Å². The van der Waals surface area contributed by atoms with Gasteiger partial charge in [0.15, 0.2) is 0 Å². The van der Waals surface area contributed by atoms with Crippen LogP contribution in [-0.2, 0) is 13.2 Å². The number of halogens is 3. The van der Waals surface area contributed by atoms with Crippen LogP contribution in [0.4, 0.5) is 19.1 Å². The minimum atomic E-state index is -4.36. The third-order valence-corrected chi connectivity index (χ3v) is 3.16. The summed E-state index contributed by atoms with van der Waals surface area (Å²) in [6.45, 7) is 0. The first-order valence-electron chi connectivity index (χ1n) is 5.75. The molecule has 0 aliphatic rings. The number of fused-ring (bicyclic) bond motifs is 1. The van der Waals surface area contributed by atoms with Crippen molar-refractivity contribution >= 4 is 16.8 Å². The number of nitrogen functional groups attached to an aromatic ring is 1. The van der Waals surface area contributed by atoms with Crippen molar-refractivity contribution in [3.05, 3.63) is 35.9 Å². The zero-order chi connectivity index (χ0) is 14.5. The van der Waals surface area contributed by atoms with Crippen molar-refractivity contribution < 1.29 is 17.7 Å². The van der Waals surface area contributed by atoms with E-state index in [1.807, 2.05) is 0 Å². The Morgan fingerprint density at radius 3 is 2.55 bits per heavy atom. The standard InChI is InChI=1S/C13H10F3N3O/c1-19-10-3-2-8(13(14,15)16)4-7(10)5-11(19)9-6-12(17)20-18-9/h2-6H,17H2,1H3. The highest BCUT2D eigenvalue weighted by Gasteiger charge is 2.30. The van der Waals surface area contributed by atoms with E-state index in [0.29, 0.717) is 22.3 Å². The van der Waals surface area contributed by atoms with E-state index in [0.717, 1.165) is 12.1 Å². The summed E-state index contributed by atoms with van der Waals surface area (Å²) < 4.78 is 44.6. The van der Waals surface area contributed by atoms with E-state index in [4.69, 9.17) is 10.3 Å². The SMILES string of the molecule is Cn1c(-c2cc(N)on2)cc2cc(C(F)(F)F)ccc21. The van der Waals surface area contributed by atoms with Gasteiger partial charge in [-0.25, -0.2) is 0 Å². The second-order valence-electron chi connectivity index (χ2n) is 4.47. The molecule has 2 N–H and O–H groups in total. The predicted octanol–water partition coefficient (Wildman–Crippen LogP) is 3.43.